The van der Waals surface area contributed by atoms with Crippen LogP contribution in [-0.4, -0.2) is 49.3 Å². The van der Waals surface area contributed by atoms with E-state index in [0.717, 1.165) is 12.8 Å². The predicted octanol–water partition coefficient (Wildman–Crippen LogP) is 1.38. The van der Waals surface area contributed by atoms with Gasteiger partial charge in [0.15, 0.2) is 11.5 Å². The molecule has 0 bridgehead atoms. The molecule has 1 N–H and O–H groups in total. The largest absolute Gasteiger partial charge is 0.454 e. The number of carbonyl (C=O) groups is 2. The summed E-state index contributed by atoms with van der Waals surface area (Å²) in [6.07, 6.45) is 1.97. The number of carbonyl (C=O) groups excluding carboxylic acids is 2. The maximum Gasteiger partial charge on any atom is 0.231 e. The Morgan fingerprint density at radius 1 is 1.17 bits per heavy atom. The molecule has 7 nitrogen and oxygen atoms in total. The summed E-state index contributed by atoms with van der Waals surface area (Å²) < 4.78 is 15.9. The van der Waals surface area contributed by atoms with E-state index in [4.69, 9.17) is 14.2 Å². The zero-order valence-corrected chi connectivity index (χ0v) is 13.3. The highest BCUT2D eigenvalue weighted by Crippen LogP contribution is 2.34. The fourth-order valence-electron chi connectivity index (χ4n) is 3.48. The summed E-state index contributed by atoms with van der Waals surface area (Å²) in [6.45, 7) is 2.05. The van der Waals surface area contributed by atoms with Crippen LogP contribution in [0.3, 0.4) is 0 Å². The molecule has 2 saturated heterocycles. The van der Waals surface area contributed by atoms with Crippen LogP contribution in [-0.2, 0) is 14.3 Å². The van der Waals surface area contributed by atoms with Crippen molar-refractivity contribution in [1.29, 1.82) is 0 Å². The van der Waals surface area contributed by atoms with Gasteiger partial charge in [0.1, 0.15) is 0 Å². The number of amides is 2. The molecule has 3 aliphatic rings. The lowest BCUT2D eigenvalue weighted by atomic mass is 10.1. The molecule has 1 aromatic carbocycles. The normalized spacial score (nSPS) is 23.6. The van der Waals surface area contributed by atoms with Gasteiger partial charge in [-0.2, -0.15) is 0 Å². The Kier molecular flexibility index (Phi) is 4.02. The number of hydrogen-bond acceptors (Lipinski definition) is 5. The third kappa shape index (κ3) is 2.91. The quantitative estimate of drug-likeness (QED) is 0.905. The van der Waals surface area contributed by atoms with Crippen LogP contribution in [0.5, 0.6) is 11.5 Å². The molecule has 0 aromatic heterocycles. The molecule has 0 radical (unpaired) electrons. The predicted molar refractivity (Wildman–Crippen MR) is 84.9 cm³/mol. The minimum Gasteiger partial charge on any atom is -0.454 e. The molecule has 0 aliphatic carbocycles. The SMILES string of the molecule is O=C(Nc1ccc2c(c1)OCO2)C1CC(=O)N(C2CCOCC2)C1. The third-order valence-corrected chi connectivity index (χ3v) is 4.80. The fourth-order valence-corrected chi connectivity index (χ4v) is 3.48. The van der Waals surface area contributed by atoms with Gasteiger partial charge in [0.25, 0.3) is 0 Å². The Morgan fingerprint density at radius 2 is 1.96 bits per heavy atom. The first-order valence-electron chi connectivity index (χ1n) is 8.28. The molecule has 24 heavy (non-hydrogen) atoms. The summed E-state index contributed by atoms with van der Waals surface area (Å²) in [5.41, 5.74) is 0.654. The van der Waals surface area contributed by atoms with Crippen LogP contribution in [0.15, 0.2) is 18.2 Å². The molecule has 4 rings (SSSR count). The molecule has 128 valence electrons. The van der Waals surface area contributed by atoms with Gasteiger partial charge in [-0.15, -0.1) is 0 Å². The topological polar surface area (TPSA) is 77.1 Å². The van der Waals surface area contributed by atoms with Gasteiger partial charge in [0, 0.05) is 44.0 Å². The van der Waals surface area contributed by atoms with E-state index in [1.807, 2.05) is 4.90 Å². The summed E-state index contributed by atoms with van der Waals surface area (Å²) >= 11 is 0. The van der Waals surface area contributed by atoms with E-state index in [-0.39, 0.29) is 37.0 Å². The minimum absolute atomic E-state index is 0.0627. The number of benzene rings is 1. The van der Waals surface area contributed by atoms with E-state index in [9.17, 15) is 9.59 Å². The molecule has 0 saturated carbocycles. The molecule has 2 fully saturated rings. The molecular formula is C17H20N2O5. The second-order valence-electron chi connectivity index (χ2n) is 6.35. The maximum atomic E-state index is 12.5. The van der Waals surface area contributed by atoms with Crippen LogP contribution in [0, 0.1) is 5.92 Å². The van der Waals surface area contributed by atoms with Gasteiger partial charge in [-0.05, 0) is 25.0 Å². The average Bonchev–Trinajstić information content (AvgIpc) is 3.21. The van der Waals surface area contributed by atoms with Crippen molar-refractivity contribution in [3.8, 4) is 11.5 Å². The molecule has 2 amide bonds. The Labute approximate surface area is 139 Å². The number of nitrogens with one attached hydrogen (secondary N) is 1. The van der Waals surface area contributed by atoms with Crippen LogP contribution in [0.2, 0.25) is 0 Å². The van der Waals surface area contributed by atoms with Gasteiger partial charge < -0.3 is 24.4 Å². The number of anilines is 1. The van der Waals surface area contributed by atoms with Crippen molar-refractivity contribution in [3.05, 3.63) is 18.2 Å². The smallest absolute Gasteiger partial charge is 0.231 e. The zero-order chi connectivity index (χ0) is 16.5. The van der Waals surface area contributed by atoms with Crippen molar-refractivity contribution in [1.82, 2.24) is 4.90 Å². The Bertz CT molecular complexity index is 656. The van der Waals surface area contributed by atoms with Gasteiger partial charge in [-0.25, -0.2) is 0 Å². The van der Waals surface area contributed by atoms with E-state index in [0.29, 0.717) is 36.9 Å². The lowest BCUT2D eigenvalue weighted by Crippen LogP contribution is -2.41. The van der Waals surface area contributed by atoms with Crippen molar-refractivity contribution in [3.63, 3.8) is 0 Å². The number of nitrogens with zero attached hydrogens (tertiary/aromatic N) is 1. The molecule has 0 spiro atoms. The summed E-state index contributed by atoms with van der Waals surface area (Å²) in [5.74, 6) is 0.921. The lowest BCUT2D eigenvalue weighted by Gasteiger charge is -2.31. The second kappa shape index (κ2) is 6.32. The summed E-state index contributed by atoms with van der Waals surface area (Å²) in [6, 6.07) is 5.49. The van der Waals surface area contributed by atoms with Crippen LogP contribution in [0.4, 0.5) is 5.69 Å². The number of likely N-dealkylation sites (tertiary alicyclic amines) is 1. The van der Waals surface area contributed by atoms with E-state index in [2.05, 4.69) is 5.32 Å². The van der Waals surface area contributed by atoms with Crippen molar-refractivity contribution < 1.29 is 23.8 Å². The highest BCUT2D eigenvalue weighted by atomic mass is 16.7. The van der Waals surface area contributed by atoms with E-state index < -0.39 is 0 Å². The van der Waals surface area contributed by atoms with Crippen molar-refractivity contribution in [2.24, 2.45) is 5.92 Å². The number of rotatable bonds is 3. The Morgan fingerprint density at radius 3 is 2.79 bits per heavy atom. The Hall–Kier alpha value is -2.28. The van der Waals surface area contributed by atoms with Gasteiger partial charge in [0.05, 0.1) is 5.92 Å². The highest BCUT2D eigenvalue weighted by molar-refractivity contribution is 5.97. The summed E-state index contributed by atoms with van der Waals surface area (Å²) in [7, 11) is 0. The van der Waals surface area contributed by atoms with E-state index in [1.165, 1.54) is 0 Å². The standard InChI is InChI=1S/C17H20N2O5/c20-16-7-11(9-19(16)13-3-5-22-6-4-13)17(21)18-12-1-2-14-15(8-12)24-10-23-14/h1-2,8,11,13H,3-7,9-10H2,(H,18,21). The fraction of sp³-hybridized carbons (Fsp3) is 0.529. The monoisotopic (exact) mass is 332 g/mol. The van der Waals surface area contributed by atoms with Gasteiger partial charge in [-0.3, -0.25) is 9.59 Å². The average molecular weight is 332 g/mol. The van der Waals surface area contributed by atoms with Crippen LogP contribution in [0.1, 0.15) is 19.3 Å². The Balaban J connectivity index is 1.39. The van der Waals surface area contributed by atoms with Crippen LogP contribution >= 0.6 is 0 Å². The van der Waals surface area contributed by atoms with Gasteiger partial charge >= 0.3 is 0 Å². The van der Waals surface area contributed by atoms with Crippen molar-refractivity contribution in [2.75, 3.05) is 31.9 Å². The number of ether oxygens (including phenoxy) is 3. The molecule has 3 heterocycles. The van der Waals surface area contributed by atoms with E-state index >= 15 is 0 Å². The summed E-state index contributed by atoms with van der Waals surface area (Å²) in [5, 5.41) is 2.88. The molecule has 7 heteroatoms. The van der Waals surface area contributed by atoms with E-state index in [1.54, 1.807) is 18.2 Å². The molecule has 3 aliphatic heterocycles. The third-order valence-electron chi connectivity index (χ3n) is 4.80. The first-order valence-corrected chi connectivity index (χ1v) is 8.28. The first kappa shape index (κ1) is 15.3. The molecule has 1 aromatic rings. The summed E-state index contributed by atoms with van der Waals surface area (Å²) in [4.78, 5) is 26.6. The molecule has 1 atom stereocenters. The van der Waals surface area contributed by atoms with Crippen LogP contribution in [0.25, 0.3) is 0 Å². The second-order valence-corrected chi connectivity index (χ2v) is 6.35. The minimum atomic E-state index is -0.314. The highest BCUT2D eigenvalue weighted by Gasteiger charge is 2.38. The van der Waals surface area contributed by atoms with Gasteiger partial charge in [-0.1, -0.05) is 0 Å². The first-order chi connectivity index (χ1) is 11.7. The molecular weight excluding hydrogens is 312 g/mol. The molecule has 1 unspecified atom stereocenters. The number of hydrogen-bond donors (Lipinski definition) is 1. The number of fused-ring (bicyclic) bond motifs is 1. The maximum absolute atomic E-state index is 12.5. The van der Waals surface area contributed by atoms with Crippen molar-refractivity contribution in [2.45, 2.75) is 25.3 Å². The zero-order valence-electron chi connectivity index (χ0n) is 13.3. The van der Waals surface area contributed by atoms with Gasteiger partial charge in [0.2, 0.25) is 18.6 Å². The lowest BCUT2D eigenvalue weighted by molar-refractivity contribution is -0.131. The van der Waals surface area contributed by atoms with Crippen molar-refractivity contribution >= 4 is 17.5 Å². The van der Waals surface area contributed by atoms with Crippen LogP contribution < -0.4 is 14.8 Å².